The van der Waals surface area contributed by atoms with Gasteiger partial charge < -0.3 is 38.7 Å². The number of phenolic OH excluding ortho intramolecular Hbond substituents is 3. The van der Waals surface area contributed by atoms with Gasteiger partial charge in [0.25, 0.3) is 0 Å². The molecule has 1 unspecified atom stereocenters. The van der Waals surface area contributed by atoms with Crippen molar-refractivity contribution < 1.29 is 43.5 Å². The lowest BCUT2D eigenvalue weighted by atomic mass is 9.91. The number of Topliss-reactive ketones (excluding diaryl/α,β-unsaturated/α-hetero) is 1. The molecule has 0 aliphatic carbocycles. The Morgan fingerprint density at radius 1 is 0.767 bits per heavy atom. The van der Waals surface area contributed by atoms with Crippen LogP contribution in [0.3, 0.4) is 0 Å². The standard InChI is InChI=1S/C33H26O10/c1-39-18-7-4-16(5-8-18)26-14-24(37)32-29(42-26)15-22(35)30(33(32)38)20-10-17(6-9-25(20)41-3)27-13-23(36)31-21(34)11-19(40-2)12-28(31)43-27/h4-13,15,26,34-35,38H,14H2,1-3H3. The summed E-state index contributed by atoms with van der Waals surface area (Å²) < 4.78 is 27.9. The van der Waals surface area contributed by atoms with Crippen LogP contribution in [0.1, 0.15) is 28.4 Å². The van der Waals surface area contributed by atoms with Crippen molar-refractivity contribution in [3.05, 3.63) is 88.1 Å². The van der Waals surface area contributed by atoms with Crippen molar-refractivity contribution in [2.45, 2.75) is 12.5 Å². The first kappa shape index (κ1) is 27.5. The van der Waals surface area contributed by atoms with Gasteiger partial charge in [-0.3, -0.25) is 9.59 Å². The molecule has 2 heterocycles. The Morgan fingerprint density at radius 2 is 1.51 bits per heavy atom. The van der Waals surface area contributed by atoms with Crippen LogP contribution < -0.4 is 24.4 Å². The molecule has 10 nitrogen and oxygen atoms in total. The summed E-state index contributed by atoms with van der Waals surface area (Å²) >= 11 is 0. The molecule has 0 fully saturated rings. The molecule has 5 aromatic rings. The molecule has 6 rings (SSSR count). The Labute approximate surface area is 244 Å². The molecular formula is C33H26O10. The number of carbonyl (C=O) groups excluding carboxylic acids is 1. The minimum Gasteiger partial charge on any atom is -0.507 e. The summed E-state index contributed by atoms with van der Waals surface area (Å²) in [7, 11) is 4.40. The van der Waals surface area contributed by atoms with E-state index in [1.807, 2.05) is 0 Å². The van der Waals surface area contributed by atoms with Gasteiger partial charge in [-0.15, -0.1) is 0 Å². The maximum absolute atomic E-state index is 13.3. The molecule has 0 bridgehead atoms. The predicted octanol–water partition coefficient (Wildman–Crippen LogP) is 5.98. The summed E-state index contributed by atoms with van der Waals surface area (Å²) in [6, 6.07) is 17.2. The molecule has 43 heavy (non-hydrogen) atoms. The average molecular weight is 583 g/mol. The second-order valence-electron chi connectivity index (χ2n) is 9.91. The Bertz CT molecular complexity index is 1960. The summed E-state index contributed by atoms with van der Waals surface area (Å²) in [5, 5.41) is 32.8. The van der Waals surface area contributed by atoms with Gasteiger partial charge >= 0.3 is 0 Å². The van der Waals surface area contributed by atoms with E-state index in [-0.39, 0.29) is 68.6 Å². The molecule has 1 aliphatic rings. The van der Waals surface area contributed by atoms with Gasteiger partial charge in [0.2, 0.25) is 0 Å². The number of benzene rings is 4. The Morgan fingerprint density at radius 3 is 2.21 bits per heavy atom. The zero-order valence-electron chi connectivity index (χ0n) is 23.3. The van der Waals surface area contributed by atoms with Crippen LogP contribution in [0.15, 0.2) is 75.9 Å². The van der Waals surface area contributed by atoms with Crippen molar-refractivity contribution >= 4 is 16.8 Å². The number of rotatable bonds is 6. The van der Waals surface area contributed by atoms with Gasteiger partial charge in [0, 0.05) is 35.4 Å². The average Bonchev–Trinajstić information content (AvgIpc) is 3.00. The van der Waals surface area contributed by atoms with Crippen molar-refractivity contribution in [1.29, 1.82) is 0 Å². The smallest absolute Gasteiger partial charge is 0.197 e. The van der Waals surface area contributed by atoms with E-state index in [1.54, 1.807) is 49.6 Å². The Kier molecular flexibility index (Phi) is 6.81. The van der Waals surface area contributed by atoms with Gasteiger partial charge in [-0.05, 0) is 35.9 Å². The maximum atomic E-state index is 13.3. The molecule has 1 aliphatic heterocycles. The normalized spacial score (nSPS) is 14.2. The zero-order valence-corrected chi connectivity index (χ0v) is 23.3. The van der Waals surface area contributed by atoms with E-state index in [9.17, 15) is 24.9 Å². The highest BCUT2D eigenvalue weighted by molar-refractivity contribution is 6.06. The van der Waals surface area contributed by atoms with Crippen molar-refractivity contribution in [2.75, 3.05) is 21.3 Å². The van der Waals surface area contributed by atoms with Crippen LogP contribution >= 0.6 is 0 Å². The molecule has 0 saturated carbocycles. The highest BCUT2D eigenvalue weighted by atomic mass is 16.5. The Hall–Kier alpha value is -5.64. The lowest BCUT2D eigenvalue weighted by Crippen LogP contribution is -2.20. The molecule has 218 valence electrons. The van der Waals surface area contributed by atoms with Gasteiger partial charge in [-0.25, -0.2) is 0 Å². The first-order valence-corrected chi connectivity index (χ1v) is 13.2. The number of carbonyl (C=O) groups is 1. The number of hydrogen-bond acceptors (Lipinski definition) is 10. The lowest BCUT2D eigenvalue weighted by Gasteiger charge is -2.27. The molecule has 1 aromatic heterocycles. The molecule has 3 N–H and O–H groups in total. The summed E-state index contributed by atoms with van der Waals surface area (Å²) in [6.45, 7) is 0. The SMILES string of the molecule is COc1ccc(C2CC(=O)c3c(cc(O)c(-c4cc(-c5cc(=O)c6c(O)cc(OC)cc6o5)ccc4OC)c3O)O2)cc1. The number of hydrogen-bond donors (Lipinski definition) is 3. The number of fused-ring (bicyclic) bond motifs is 2. The fourth-order valence-corrected chi connectivity index (χ4v) is 5.29. The topological polar surface area (TPSA) is 145 Å². The number of ether oxygens (including phenoxy) is 4. The van der Waals surface area contributed by atoms with E-state index in [0.29, 0.717) is 17.1 Å². The van der Waals surface area contributed by atoms with E-state index in [4.69, 9.17) is 23.4 Å². The van der Waals surface area contributed by atoms with Crippen molar-refractivity contribution in [1.82, 2.24) is 0 Å². The molecule has 0 saturated heterocycles. The van der Waals surface area contributed by atoms with E-state index in [0.717, 1.165) is 5.56 Å². The predicted molar refractivity (Wildman–Crippen MR) is 157 cm³/mol. The van der Waals surface area contributed by atoms with Gasteiger partial charge in [0.05, 0.1) is 33.3 Å². The molecule has 0 radical (unpaired) electrons. The maximum Gasteiger partial charge on any atom is 0.197 e. The third kappa shape index (κ3) is 4.72. The summed E-state index contributed by atoms with van der Waals surface area (Å²) in [4.78, 5) is 26.2. The van der Waals surface area contributed by atoms with Crippen LogP contribution in [-0.4, -0.2) is 42.4 Å². The monoisotopic (exact) mass is 582 g/mol. The number of aromatic hydroxyl groups is 3. The second kappa shape index (κ2) is 10.6. The molecule has 0 spiro atoms. The third-order valence-electron chi connectivity index (χ3n) is 7.42. The fourth-order valence-electron chi connectivity index (χ4n) is 5.29. The van der Waals surface area contributed by atoms with Crippen molar-refractivity contribution in [2.24, 2.45) is 0 Å². The summed E-state index contributed by atoms with van der Waals surface area (Å²) in [5.74, 6) is -0.0676. The fraction of sp³-hybridized carbons (Fsp3) is 0.152. The van der Waals surface area contributed by atoms with Gasteiger partial charge in [-0.1, -0.05) is 12.1 Å². The quantitative estimate of drug-likeness (QED) is 0.219. The molecule has 10 heteroatoms. The van der Waals surface area contributed by atoms with E-state index in [1.165, 1.54) is 38.5 Å². The van der Waals surface area contributed by atoms with E-state index < -0.39 is 17.3 Å². The first-order chi connectivity index (χ1) is 20.7. The largest absolute Gasteiger partial charge is 0.507 e. The highest BCUT2D eigenvalue weighted by Gasteiger charge is 2.34. The lowest BCUT2D eigenvalue weighted by molar-refractivity contribution is 0.0845. The number of ketones is 1. The van der Waals surface area contributed by atoms with Crippen LogP contribution in [0, 0.1) is 0 Å². The van der Waals surface area contributed by atoms with Crippen LogP contribution in [0.25, 0.3) is 33.4 Å². The molecule has 4 aromatic carbocycles. The molecule has 0 amide bonds. The number of methoxy groups -OCH3 is 3. The Balaban J connectivity index is 1.45. The third-order valence-corrected chi connectivity index (χ3v) is 7.42. The van der Waals surface area contributed by atoms with Crippen molar-refractivity contribution in [3.63, 3.8) is 0 Å². The van der Waals surface area contributed by atoms with Crippen LogP contribution in [0.5, 0.6) is 40.2 Å². The van der Waals surface area contributed by atoms with Crippen LogP contribution in [0.2, 0.25) is 0 Å². The van der Waals surface area contributed by atoms with Crippen LogP contribution in [0.4, 0.5) is 0 Å². The first-order valence-electron chi connectivity index (χ1n) is 13.2. The zero-order chi connectivity index (χ0) is 30.4. The van der Waals surface area contributed by atoms with Crippen LogP contribution in [-0.2, 0) is 0 Å². The second-order valence-corrected chi connectivity index (χ2v) is 9.91. The van der Waals surface area contributed by atoms with E-state index >= 15 is 0 Å². The van der Waals surface area contributed by atoms with Crippen molar-refractivity contribution in [3.8, 4) is 62.7 Å². The van der Waals surface area contributed by atoms with Gasteiger partial charge in [-0.2, -0.15) is 0 Å². The summed E-state index contributed by atoms with van der Waals surface area (Å²) in [5.41, 5.74) is 0.868. The minimum atomic E-state index is -0.623. The van der Waals surface area contributed by atoms with Gasteiger partial charge in [0.15, 0.2) is 11.2 Å². The molecular weight excluding hydrogens is 556 g/mol. The number of phenols is 3. The minimum absolute atomic E-state index is 0.00489. The van der Waals surface area contributed by atoms with Gasteiger partial charge in [0.1, 0.15) is 68.6 Å². The molecule has 1 atom stereocenters. The highest BCUT2D eigenvalue weighted by Crippen LogP contribution is 2.51. The van der Waals surface area contributed by atoms with E-state index in [2.05, 4.69) is 0 Å². The summed E-state index contributed by atoms with van der Waals surface area (Å²) in [6.07, 6.45) is -0.658.